The second kappa shape index (κ2) is 6.95. The summed E-state index contributed by atoms with van der Waals surface area (Å²) in [5.41, 5.74) is 1.15. The Bertz CT molecular complexity index is 1040. The smallest absolute Gasteiger partial charge is 0.274 e. The molecule has 0 radical (unpaired) electrons. The highest BCUT2D eigenvalue weighted by molar-refractivity contribution is 5.78. The Kier molecular flexibility index (Phi) is 4.48. The maximum Gasteiger partial charge on any atom is 0.274 e. The summed E-state index contributed by atoms with van der Waals surface area (Å²) in [5.74, 6) is 1.33. The average molecular weight is 372 g/mol. The molecule has 1 aliphatic rings. The normalized spacial score (nSPS) is 19.6. The first-order valence-electron chi connectivity index (χ1n) is 8.72. The summed E-state index contributed by atoms with van der Waals surface area (Å²) in [6.45, 7) is 4.59. The number of carbonyl (C=O) groups excluding carboxylic acids is 1. The molecule has 1 fully saturated rings. The molecule has 27 heavy (non-hydrogen) atoms. The number of hydrogen-bond acceptors (Lipinski definition) is 7. The molecule has 0 unspecified atom stereocenters. The molecule has 2 atom stereocenters. The van der Waals surface area contributed by atoms with E-state index in [2.05, 4.69) is 25.5 Å². The van der Waals surface area contributed by atoms with Crippen LogP contribution in [0.2, 0.25) is 0 Å². The number of aromatic amines is 1. The summed E-state index contributed by atoms with van der Waals surface area (Å²) in [6.07, 6.45) is 0.668. The van der Waals surface area contributed by atoms with Crippen molar-refractivity contribution in [2.75, 3.05) is 13.2 Å². The highest BCUT2D eigenvalue weighted by Gasteiger charge is 2.31. The molecule has 142 valence electrons. The third-order valence-electron chi connectivity index (χ3n) is 4.52. The fourth-order valence-corrected chi connectivity index (χ4v) is 3.26. The number of aryl methyl sites for hydroxylation is 2. The van der Waals surface area contributed by atoms with E-state index in [4.69, 9.17) is 9.26 Å². The van der Waals surface area contributed by atoms with E-state index in [9.17, 15) is 9.59 Å². The van der Waals surface area contributed by atoms with Gasteiger partial charge in [0, 0.05) is 30.2 Å². The zero-order chi connectivity index (χ0) is 19.0. The van der Waals surface area contributed by atoms with Crippen molar-refractivity contribution < 1.29 is 14.1 Å². The fourth-order valence-electron chi connectivity index (χ4n) is 3.26. The highest BCUT2D eigenvalue weighted by Crippen LogP contribution is 2.20. The number of fused-ring (bicyclic) bond motifs is 1. The van der Waals surface area contributed by atoms with Crippen LogP contribution in [0.5, 0.6) is 0 Å². The van der Waals surface area contributed by atoms with E-state index in [-0.39, 0.29) is 35.6 Å². The lowest BCUT2D eigenvalue weighted by molar-refractivity contribution is -0.121. The Balaban J connectivity index is 1.41. The van der Waals surface area contributed by atoms with E-state index >= 15 is 0 Å². The Morgan fingerprint density at radius 3 is 2.93 bits per heavy atom. The SMILES string of the molecule is Cc1cc(C[C@@H]2COC[C@@H]2NC(=O)Cc2nc3nc(C)cc(=O)n3[nH]2)on1. The summed E-state index contributed by atoms with van der Waals surface area (Å²) in [6, 6.07) is 3.18. The zero-order valence-electron chi connectivity index (χ0n) is 15.1. The quantitative estimate of drug-likeness (QED) is 0.642. The summed E-state index contributed by atoms with van der Waals surface area (Å²) in [5, 5.41) is 9.68. The van der Waals surface area contributed by atoms with E-state index in [1.165, 1.54) is 10.6 Å². The minimum absolute atomic E-state index is 0.0203. The van der Waals surface area contributed by atoms with Crippen molar-refractivity contribution in [3.05, 3.63) is 45.5 Å². The summed E-state index contributed by atoms with van der Waals surface area (Å²) < 4.78 is 12.0. The average Bonchev–Trinajstić information content (AvgIpc) is 3.29. The third kappa shape index (κ3) is 3.75. The van der Waals surface area contributed by atoms with Gasteiger partial charge in [-0.1, -0.05) is 5.16 Å². The van der Waals surface area contributed by atoms with Gasteiger partial charge in [-0.25, -0.2) is 4.98 Å². The highest BCUT2D eigenvalue weighted by atomic mass is 16.5. The van der Waals surface area contributed by atoms with Crippen LogP contribution in [0.1, 0.15) is 23.0 Å². The monoisotopic (exact) mass is 372 g/mol. The van der Waals surface area contributed by atoms with Gasteiger partial charge in [-0.15, -0.1) is 0 Å². The minimum Gasteiger partial charge on any atom is -0.379 e. The van der Waals surface area contributed by atoms with E-state index in [0.717, 1.165) is 11.5 Å². The predicted molar refractivity (Wildman–Crippen MR) is 93.2 cm³/mol. The van der Waals surface area contributed by atoms with Crippen molar-refractivity contribution in [1.82, 2.24) is 30.1 Å². The number of aromatic nitrogens is 5. The van der Waals surface area contributed by atoms with Crippen LogP contribution in [0.4, 0.5) is 0 Å². The van der Waals surface area contributed by atoms with Crippen molar-refractivity contribution in [1.29, 1.82) is 0 Å². The van der Waals surface area contributed by atoms with Gasteiger partial charge >= 0.3 is 0 Å². The number of nitrogens with one attached hydrogen (secondary N) is 2. The van der Waals surface area contributed by atoms with Crippen LogP contribution in [0.15, 0.2) is 21.5 Å². The lowest BCUT2D eigenvalue weighted by Gasteiger charge is -2.17. The lowest BCUT2D eigenvalue weighted by Crippen LogP contribution is -2.41. The van der Waals surface area contributed by atoms with Crippen LogP contribution in [-0.4, -0.2) is 49.9 Å². The van der Waals surface area contributed by atoms with Gasteiger partial charge in [-0.2, -0.15) is 9.50 Å². The van der Waals surface area contributed by atoms with Crippen LogP contribution in [0, 0.1) is 19.8 Å². The van der Waals surface area contributed by atoms with Crippen molar-refractivity contribution in [3.63, 3.8) is 0 Å². The van der Waals surface area contributed by atoms with Crippen molar-refractivity contribution in [3.8, 4) is 0 Å². The van der Waals surface area contributed by atoms with Gasteiger partial charge in [0.1, 0.15) is 11.6 Å². The van der Waals surface area contributed by atoms with Crippen LogP contribution in [0.3, 0.4) is 0 Å². The van der Waals surface area contributed by atoms with E-state index in [0.29, 0.717) is 31.2 Å². The standard InChI is InChI=1S/C17H20N6O4/c1-9-4-16(25)23-17(18-9)20-14(21-23)6-15(24)19-13-8-26-7-11(13)5-12-3-10(2)22-27-12/h3-4,11,13H,5-8H2,1-2H3,(H,19,24)(H,18,20,21)/t11-,13+/m1/s1. The van der Waals surface area contributed by atoms with Crippen LogP contribution in [-0.2, 0) is 22.4 Å². The van der Waals surface area contributed by atoms with E-state index in [1.54, 1.807) is 6.92 Å². The first-order valence-corrected chi connectivity index (χ1v) is 8.72. The molecular formula is C17H20N6O4. The topological polar surface area (TPSA) is 127 Å². The molecule has 0 saturated carbocycles. The van der Waals surface area contributed by atoms with Gasteiger partial charge < -0.3 is 14.6 Å². The first-order chi connectivity index (χ1) is 13.0. The molecule has 10 heteroatoms. The lowest BCUT2D eigenvalue weighted by atomic mass is 9.98. The van der Waals surface area contributed by atoms with Crippen molar-refractivity contribution in [2.45, 2.75) is 32.7 Å². The summed E-state index contributed by atoms with van der Waals surface area (Å²) >= 11 is 0. The Hall–Kier alpha value is -3.01. The summed E-state index contributed by atoms with van der Waals surface area (Å²) in [7, 11) is 0. The molecule has 0 spiro atoms. The van der Waals surface area contributed by atoms with E-state index in [1.807, 2.05) is 13.0 Å². The molecule has 10 nitrogen and oxygen atoms in total. The largest absolute Gasteiger partial charge is 0.379 e. The molecule has 0 aliphatic carbocycles. The fraction of sp³-hybridized carbons (Fsp3) is 0.471. The number of ether oxygens (including phenoxy) is 1. The van der Waals surface area contributed by atoms with Crippen LogP contribution >= 0.6 is 0 Å². The van der Waals surface area contributed by atoms with Crippen molar-refractivity contribution >= 4 is 11.7 Å². The number of H-pyrrole nitrogens is 1. The molecule has 0 aromatic carbocycles. The number of nitrogens with zero attached hydrogens (tertiary/aromatic N) is 4. The zero-order valence-corrected chi connectivity index (χ0v) is 15.1. The van der Waals surface area contributed by atoms with E-state index < -0.39 is 0 Å². The second-order valence-electron chi connectivity index (χ2n) is 6.83. The number of carbonyl (C=O) groups is 1. The maximum atomic E-state index is 12.4. The second-order valence-corrected chi connectivity index (χ2v) is 6.83. The summed E-state index contributed by atoms with van der Waals surface area (Å²) in [4.78, 5) is 32.7. The van der Waals surface area contributed by atoms with Crippen molar-refractivity contribution in [2.24, 2.45) is 5.92 Å². The Labute approximate surface area is 153 Å². The molecule has 1 amide bonds. The molecule has 3 aromatic rings. The predicted octanol–water partition coefficient (Wildman–Crippen LogP) is -0.0612. The molecule has 2 N–H and O–H groups in total. The van der Waals surface area contributed by atoms with Gasteiger partial charge in [0.15, 0.2) is 0 Å². The first kappa shape index (κ1) is 17.4. The van der Waals surface area contributed by atoms with Crippen LogP contribution in [0.25, 0.3) is 5.78 Å². The van der Waals surface area contributed by atoms with Gasteiger partial charge in [0.25, 0.3) is 11.3 Å². The minimum atomic E-state index is -0.261. The Morgan fingerprint density at radius 2 is 2.15 bits per heavy atom. The van der Waals surface area contributed by atoms with Gasteiger partial charge in [-0.3, -0.25) is 14.7 Å². The molecular weight excluding hydrogens is 352 g/mol. The molecule has 4 rings (SSSR count). The van der Waals surface area contributed by atoms with Crippen LogP contribution < -0.4 is 10.9 Å². The van der Waals surface area contributed by atoms with Gasteiger partial charge in [0.2, 0.25) is 5.91 Å². The van der Waals surface area contributed by atoms with Gasteiger partial charge in [-0.05, 0) is 13.8 Å². The number of amides is 1. The third-order valence-corrected chi connectivity index (χ3v) is 4.52. The molecule has 1 aliphatic heterocycles. The number of hydrogen-bond donors (Lipinski definition) is 2. The molecule has 4 heterocycles. The number of rotatable bonds is 5. The maximum absolute atomic E-state index is 12.4. The molecule has 0 bridgehead atoms. The molecule has 1 saturated heterocycles. The Morgan fingerprint density at radius 1 is 1.30 bits per heavy atom. The van der Waals surface area contributed by atoms with Gasteiger partial charge in [0.05, 0.1) is 31.4 Å². The molecule has 3 aromatic heterocycles.